The van der Waals surface area contributed by atoms with Crippen molar-refractivity contribution in [2.24, 2.45) is 0 Å². The standard InChI is InChI=1S/C24H22N4O8S2/c1-14(22-16(3)26-28(24(22)30)18-7-11-20(12-8-18)38(34,35)36)4-13-21-15(2)25-27(23(21)29)17-5-9-19(10-6-17)37(31,32)33/h4-13,25-26H,2H2,1,3H3,(H,31,32,33)(H,34,35,36). The highest BCUT2D eigenvalue weighted by Crippen LogP contribution is 2.17. The van der Waals surface area contributed by atoms with Gasteiger partial charge in [-0.3, -0.25) is 28.9 Å². The Labute approximate surface area is 216 Å². The topological polar surface area (TPSA) is 184 Å². The van der Waals surface area contributed by atoms with Gasteiger partial charge in [-0.25, -0.2) is 9.36 Å². The van der Waals surface area contributed by atoms with Crippen LogP contribution in [0.2, 0.25) is 0 Å². The average Bonchev–Trinajstić information content (AvgIpc) is 3.30. The molecule has 0 saturated carbocycles. The summed E-state index contributed by atoms with van der Waals surface area (Å²) in [7, 11) is -8.75. The van der Waals surface area contributed by atoms with Crippen LogP contribution in [0, 0.1) is 6.92 Å². The fourth-order valence-corrected chi connectivity index (χ4v) is 4.83. The summed E-state index contributed by atoms with van der Waals surface area (Å²) in [4.78, 5) is 25.5. The third-order valence-electron chi connectivity index (χ3n) is 5.76. The molecule has 4 N–H and O–H groups in total. The summed E-state index contributed by atoms with van der Waals surface area (Å²) in [6, 6.07) is 10.1. The number of allylic oxidation sites excluding steroid dienone is 2. The molecule has 2 aromatic carbocycles. The van der Waals surface area contributed by atoms with Gasteiger partial charge in [0.15, 0.2) is 0 Å². The Kier molecular flexibility index (Phi) is 6.75. The largest absolute Gasteiger partial charge is 0.295 e. The molecule has 0 bridgehead atoms. The van der Waals surface area contributed by atoms with E-state index in [9.17, 15) is 26.4 Å². The maximum Gasteiger partial charge on any atom is 0.294 e. The Morgan fingerprint density at radius 3 is 1.71 bits per heavy atom. The molecule has 4 aromatic rings. The van der Waals surface area contributed by atoms with Gasteiger partial charge in [0.05, 0.1) is 37.3 Å². The zero-order valence-electron chi connectivity index (χ0n) is 20.0. The number of benzene rings is 2. The number of aryl methyl sites for hydroxylation is 1. The summed E-state index contributed by atoms with van der Waals surface area (Å²) in [6.45, 7) is 7.20. The maximum atomic E-state index is 13.1. The summed E-state index contributed by atoms with van der Waals surface area (Å²) in [5.74, 6) is 0. The number of aromatic nitrogens is 4. The first-order valence-corrected chi connectivity index (χ1v) is 13.7. The SMILES string of the molecule is C=c1[nH]n(-c2ccc(S(=O)(=O)O)cc2)c(=O)c1=CC=C(C)c1c(C)[nH]n(-c2ccc(S(=O)(=O)O)cc2)c1=O. The van der Waals surface area contributed by atoms with E-state index in [1.807, 2.05) is 0 Å². The van der Waals surface area contributed by atoms with Gasteiger partial charge >= 0.3 is 0 Å². The highest BCUT2D eigenvalue weighted by molar-refractivity contribution is 7.86. The van der Waals surface area contributed by atoms with E-state index in [0.717, 1.165) is 16.8 Å². The molecule has 0 aliphatic rings. The molecule has 0 saturated heterocycles. The molecular weight excluding hydrogens is 536 g/mol. The lowest BCUT2D eigenvalue weighted by Gasteiger charge is -2.02. The van der Waals surface area contributed by atoms with Crippen molar-refractivity contribution in [3.05, 3.63) is 97.1 Å². The van der Waals surface area contributed by atoms with Crippen molar-refractivity contribution in [2.45, 2.75) is 23.6 Å². The lowest BCUT2D eigenvalue weighted by molar-refractivity contribution is 0.481. The van der Waals surface area contributed by atoms with Gasteiger partial charge in [-0.15, -0.1) is 0 Å². The number of H-pyrrole nitrogens is 2. The van der Waals surface area contributed by atoms with Crippen LogP contribution in [0.1, 0.15) is 18.2 Å². The smallest absolute Gasteiger partial charge is 0.294 e. The van der Waals surface area contributed by atoms with Crippen LogP contribution < -0.4 is 21.7 Å². The van der Waals surface area contributed by atoms with Gasteiger partial charge in [-0.2, -0.15) is 16.8 Å². The van der Waals surface area contributed by atoms with Crippen LogP contribution in [-0.4, -0.2) is 45.5 Å². The summed E-state index contributed by atoms with van der Waals surface area (Å²) in [6.07, 6.45) is 3.07. The summed E-state index contributed by atoms with van der Waals surface area (Å²) in [5.41, 5.74) is 1.17. The Balaban J connectivity index is 1.72. The van der Waals surface area contributed by atoms with Crippen LogP contribution in [0.3, 0.4) is 0 Å². The molecule has 12 nitrogen and oxygen atoms in total. The number of nitrogens with one attached hydrogen (secondary N) is 2. The molecule has 2 aromatic heterocycles. The van der Waals surface area contributed by atoms with E-state index in [4.69, 9.17) is 9.11 Å². The van der Waals surface area contributed by atoms with E-state index in [1.165, 1.54) is 47.2 Å². The van der Waals surface area contributed by atoms with Gasteiger partial charge in [0.1, 0.15) is 0 Å². The Hall–Kier alpha value is -4.24. The van der Waals surface area contributed by atoms with Crippen molar-refractivity contribution in [1.29, 1.82) is 0 Å². The first kappa shape index (κ1) is 26.8. The van der Waals surface area contributed by atoms with Gasteiger partial charge < -0.3 is 0 Å². The minimum atomic E-state index is -4.38. The monoisotopic (exact) mass is 558 g/mol. The Morgan fingerprint density at radius 2 is 1.26 bits per heavy atom. The molecule has 2 heterocycles. The number of rotatable bonds is 6. The molecule has 198 valence electrons. The number of hydrogen-bond acceptors (Lipinski definition) is 6. The van der Waals surface area contributed by atoms with Crippen LogP contribution in [-0.2, 0) is 20.2 Å². The Bertz CT molecular complexity index is 2030. The first-order valence-electron chi connectivity index (χ1n) is 10.8. The molecule has 0 fully saturated rings. The highest BCUT2D eigenvalue weighted by atomic mass is 32.2. The Morgan fingerprint density at radius 1 is 0.816 bits per heavy atom. The molecule has 0 atom stereocenters. The van der Waals surface area contributed by atoms with Crippen LogP contribution in [0.5, 0.6) is 0 Å². The van der Waals surface area contributed by atoms with Crippen molar-refractivity contribution < 1.29 is 25.9 Å². The summed E-state index contributed by atoms with van der Waals surface area (Å²) >= 11 is 0. The van der Waals surface area contributed by atoms with Crippen molar-refractivity contribution in [1.82, 2.24) is 19.6 Å². The van der Waals surface area contributed by atoms with Crippen molar-refractivity contribution in [3.8, 4) is 11.4 Å². The van der Waals surface area contributed by atoms with Crippen LogP contribution >= 0.6 is 0 Å². The zero-order chi connectivity index (χ0) is 28.0. The van der Waals surface area contributed by atoms with E-state index in [2.05, 4.69) is 16.8 Å². The molecule has 4 rings (SSSR count). The first-order chi connectivity index (χ1) is 17.7. The van der Waals surface area contributed by atoms with Gasteiger partial charge in [0.25, 0.3) is 31.4 Å². The van der Waals surface area contributed by atoms with Crippen molar-refractivity contribution in [3.63, 3.8) is 0 Å². The summed E-state index contributed by atoms with van der Waals surface area (Å²) < 4.78 is 65.7. The van der Waals surface area contributed by atoms with E-state index >= 15 is 0 Å². The second kappa shape index (κ2) is 9.57. The molecule has 14 heteroatoms. The lowest BCUT2D eigenvalue weighted by Crippen LogP contribution is -2.33. The predicted molar refractivity (Wildman–Crippen MR) is 140 cm³/mol. The van der Waals surface area contributed by atoms with Gasteiger partial charge in [-0.1, -0.05) is 12.7 Å². The lowest BCUT2D eigenvalue weighted by atomic mass is 10.1. The van der Waals surface area contributed by atoms with Gasteiger partial charge in [0, 0.05) is 5.69 Å². The van der Waals surface area contributed by atoms with Gasteiger partial charge in [0.2, 0.25) is 0 Å². The molecular formula is C24H22N4O8S2. The molecule has 38 heavy (non-hydrogen) atoms. The minimum Gasteiger partial charge on any atom is -0.295 e. The number of hydrogen-bond donors (Lipinski definition) is 4. The van der Waals surface area contributed by atoms with E-state index in [0.29, 0.717) is 28.2 Å². The fourth-order valence-electron chi connectivity index (χ4n) is 3.87. The average molecular weight is 559 g/mol. The molecule has 0 spiro atoms. The molecule has 0 unspecified atom stereocenters. The highest BCUT2D eigenvalue weighted by Gasteiger charge is 2.15. The van der Waals surface area contributed by atoms with Gasteiger partial charge in [-0.05, 0) is 74.0 Å². The van der Waals surface area contributed by atoms with Crippen LogP contribution in [0.15, 0.2) is 74.0 Å². The van der Waals surface area contributed by atoms with E-state index in [1.54, 1.807) is 19.9 Å². The molecule has 0 aliphatic carbocycles. The van der Waals surface area contributed by atoms with Crippen LogP contribution in [0.4, 0.5) is 0 Å². The number of aromatic amines is 2. The fraction of sp³-hybridized carbons (Fsp3) is 0.0833. The number of nitrogens with zero attached hydrogens (tertiary/aromatic N) is 2. The zero-order valence-corrected chi connectivity index (χ0v) is 21.7. The van der Waals surface area contributed by atoms with Crippen molar-refractivity contribution >= 4 is 38.5 Å². The predicted octanol–water partition coefficient (Wildman–Crippen LogP) is 0.741. The van der Waals surface area contributed by atoms with E-state index in [-0.39, 0.29) is 20.4 Å². The normalized spacial score (nSPS) is 13.3. The maximum absolute atomic E-state index is 13.1. The quantitative estimate of drug-likeness (QED) is 0.250. The summed E-state index contributed by atoms with van der Waals surface area (Å²) in [5, 5.41) is 6.21. The van der Waals surface area contributed by atoms with E-state index < -0.39 is 31.4 Å². The third-order valence-corrected chi connectivity index (χ3v) is 7.49. The molecule has 0 radical (unpaired) electrons. The molecule has 0 aliphatic heterocycles. The van der Waals surface area contributed by atoms with Crippen molar-refractivity contribution in [2.75, 3.05) is 0 Å². The van der Waals surface area contributed by atoms with Crippen LogP contribution in [0.25, 0.3) is 29.6 Å². The minimum absolute atomic E-state index is 0.206. The second-order valence-electron chi connectivity index (χ2n) is 8.35. The molecule has 0 amide bonds. The third kappa shape index (κ3) is 5.10. The second-order valence-corrected chi connectivity index (χ2v) is 11.2.